The molecule has 1 aromatic rings. The van der Waals surface area contributed by atoms with Crippen molar-refractivity contribution in [2.24, 2.45) is 0 Å². The van der Waals surface area contributed by atoms with Crippen molar-refractivity contribution in [3.05, 3.63) is 20.8 Å². The van der Waals surface area contributed by atoms with E-state index in [1.165, 1.54) is 0 Å². The Kier molecular flexibility index (Phi) is 4.62. The Morgan fingerprint density at radius 3 is 2.93 bits per heavy atom. The van der Waals surface area contributed by atoms with Crippen molar-refractivity contribution in [1.29, 1.82) is 0 Å². The van der Waals surface area contributed by atoms with Crippen molar-refractivity contribution in [2.45, 2.75) is 32.7 Å². The van der Waals surface area contributed by atoms with Crippen LogP contribution in [0.1, 0.15) is 25.1 Å². The fourth-order valence-corrected chi connectivity index (χ4v) is 2.48. The van der Waals surface area contributed by atoms with E-state index in [2.05, 4.69) is 28.2 Å². The van der Waals surface area contributed by atoms with Crippen LogP contribution >= 0.6 is 27.3 Å². The second-order valence-electron chi connectivity index (χ2n) is 3.28. The molecule has 0 aromatic carbocycles. The van der Waals surface area contributed by atoms with E-state index in [1.807, 2.05) is 18.4 Å². The molecule has 0 spiro atoms. The summed E-state index contributed by atoms with van der Waals surface area (Å²) in [6.07, 6.45) is 1.46. The number of carbonyl (C=O) groups excluding carboxylic acids is 1. The maximum atomic E-state index is 11.5. The molecule has 1 heterocycles. The third-order valence-electron chi connectivity index (χ3n) is 1.98. The number of amides is 1. The Morgan fingerprint density at radius 1 is 1.71 bits per heavy atom. The highest BCUT2D eigenvalue weighted by atomic mass is 79.9. The van der Waals surface area contributed by atoms with Crippen molar-refractivity contribution in [2.75, 3.05) is 0 Å². The van der Waals surface area contributed by atoms with Gasteiger partial charge in [0, 0.05) is 20.8 Å². The van der Waals surface area contributed by atoms with E-state index < -0.39 is 0 Å². The number of hydrogen-bond donors (Lipinski definition) is 1. The maximum absolute atomic E-state index is 11.5. The van der Waals surface area contributed by atoms with Crippen molar-refractivity contribution >= 4 is 33.2 Å². The first-order chi connectivity index (χ1) is 6.61. The zero-order valence-electron chi connectivity index (χ0n) is 8.34. The lowest BCUT2D eigenvalue weighted by molar-refractivity contribution is -0.121. The molecule has 0 aliphatic carbocycles. The Morgan fingerprint density at radius 2 is 2.43 bits per heavy atom. The molecule has 1 N–H and O–H groups in total. The van der Waals surface area contributed by atoms with Gasteiger partial charge < -0.3 is 5.32 Å². The summed E-state index contributed by atoms with van der Waals surface area (Å²) in [6.45, 7) is 4.08. The highest BCUT2D eigenvalue weighted by Crippen LogP contribution is 2.19. The molecule has 4 heteroatoms. The number of nitrogens with one attached hydrogen (secondary N) is 1. The molecule has 1 amide bonds. The van der Waals surface area contributed by atoms with Gasteiger partial charge >= 0.3 is 0 Å². The van der Waals surface area contributed by atoms with E-state index in [9.17, 15) is 4.79 Å². The molecular formula is C10H14BrNOS. The number of rotatable bonds is 4. The first kappa shape index (κ1) is 11.7. The molecule has 1 atom stereocenters. The van der Waals surface area contributed by atoms with Crippen molar-refractivity contribution in [3.8, 4) is 0 Å². The van der Waals surface area contributed by atoms with Gasteiger partial charge in [-0.05, 0) is 35.3 Å². The summed E-state index contributed by atoms with van der Waals surface area (Å²) in [5.41, 5.74) is 0. The van der Waals surface area contributed by atoms with Gasteiger partial charge in [-0.15, -0.1) is 11.3 Å². The summed E-state index contributed by atoms with van der Waals surface area (Å²) < 4.78 is 1.05. The van der Waals surface area contributed by atoms with Crippen LogP contribution in [-0.2, 0) is 11.2 Å². The molecular weight excluding hydrogens is 262 g/mol. The largest absolute Gasteiger partial charge is 0.353 e. The smallest absolute Gasteiger partial charge is 0.225 e. The van der Waals surface area contributed by atoms with Crippen LogP contribution in [-0.4, -0.2) is 11.9 Å². The number of carbonyl (C=O) groups is 1. The van der Waals surface area contributed by atoms with E-state index >= 15 is 0 Å². The van der Waals surface area contributed by atoms with Crippen LogP contribution in [0.5, 0.6) is 0 Å². The first-order valence-electron chi connectivity index (χ1n) is 4.64. The molecule has 0 fully saturated rings. The van der Waals surface area contributed by atoms with Gasteiger partial charge in [0.15, 0.2) is 0 Å². The predicted octanol–water partition coefficient (Wildman–Crippen LogP) is 2.97. The highest BCUT2D eigenvalue weighted by Gasteiger charge is 2.07. The second kappa shape index (κ2) is 5.51. The average Bonchev–Trinajstić information content (AvgIpc) is 2.50. The molecule has 1 unspecified atom stereocenters. The minimum absolute atomic E-state index is 0.105. The molecule has 1 rings (SSSR count). The maximum Gasteiger partial charge on any atom is 0.225 e. The van der Waals surface area contributed by atoms with Gasteiger partial charge in [-0.2, -0.15) is 0 Å². The third-order valence-corrected chi connectivity index (χ3v) is 3.67. The predicted molar refractivity (Wildman–Crippen MR) is 63.6 cm³/mol. The molecule has 0 aliphatic heterocycles. The Labute approximate surface area is 96.8 Å². The highest BCUT2D eigenvalue weighted by molar-refractivity contribution is 9.10. The second-order valence-corrected chi connectivity index (χ2v) is 5.20. The van der Waals surface area contributed by atoms with Gasteiger partial charge in [0.2, 0.25) is 5.91 Å². The van der Waals surface area contributed by atoms with E-state index in [0.717, 1.165) is 15.8 Å². The average molecular weight is 276 g/mol. The SMILES string of the molecule is CCC(C)NC(=O)Cc1cc(Br)cs1. The van der Waals surface area contributed by atoms with Crippen LogP contribution in [0, 0.1) is 0 Å². The molecule has 0 saturated heterocycles. The lowest BCUT2D eigenvalue weighted by atomic mass is 10.2. The zero-order valence-corrected chi connectivity index (χ0v) is 10.7. The van der Waals surface area contributed by atoms with Gasteiger partial charge in [-0.3, -0.25) is 4.79 Å². The van der Waals surface area contributed by atoms with E-state index in [-0.39, 0.29) is 11.9 Å². The number of halogens is 1. The molecule has 0 radical (unpaired) electrons. The van der Waals surface area contributed by atoms with E-state index in [0.29, 0.717) is 6.42 Å². The van der Waals surface area contributed by atoms with Gasteiger partial charge in [-0.25, -0.2) is 0 Å². The van der Waals surface area contributed by atoms with Crippen LogP contribution in [0.25, 0.3) is 0 Å². The topological polar surface area (TPSA) is 29.1 Å². The standard InChI is InChI=1S/C10H14BrNOS/c1-3-7(2)12-10(13)5-9-4-8(11)6-14-9/h4,6-7H,3,5H2,1-2H3,(H,12,13). The summed E-state index contributed by atoms with van der Waals surface area (Å²) in [6, 6.07) is 2.26. The number of hydrogen-bond acceptors (Lipinski definition) is 2. The van der Waals surface area contributed by atoms with Gasteiger partial charge in [0.1, 0.15) is 0 Å². The van der Waals surface area contributed by atoms with Crippen molar-refractivity contribution in [3.63, 3.8) is 0 Å². The van der Waals surface area contributed by atoms with Crippen LogP contribution in [0.4, 0.5) is 0 Å². The monoisotopic (exact) mass is 275 g/mol. The molecule has 0 bridgehead atoms. The fourth-order valence-electron chi connectivity index (χ4n) is 1.03. The summed E-state index contributed by atoms with van der Waals surface area (Å²) in [5.74, 6) is 0.105. The molecule has 2 nitrogen and oxygen atoms in total. The van der Waals surface area contributed by atoms with E-state index in [1.54, 1.807) is 11.3 Å². The van der Waals surface area contributed by atoms with Crippen molar-refractivity contribution < 1.29 is 4.79 Å². The summed E-state index contributed by atoms with van der Waals surface area (Å²) >= 11 is 4.97. The Bertz CT molecular complexity index is 311. The Balaban J connectivity index is 2.41. The van der Waals surface area contributed by atoms with Crippen LogP contribution < -0.4 is 5.32 Å². The summed E-state index contributed by atoms with van der Waals surface area (Å²) in [5, 5.41) is 4.93. The van der Waals surface area contributed by atoms with Gasteiger partial charge in [0.25, 0.3) is 0 Å². The summed E-state index contributed by atoms with van der Waals surface area (Å²) in [4.78, 5) is 12.6. The molecule has 0 aliphatic rings. The normalized spacial score (nSPS) is 12.5. The molecule has 1 aromatic heterocycles. The van der Waals surface area contributed by atoms with Gasteiger partial charge in [-0.1, -0.05) is 6.92 Å². The lowest BCUT2D eigenvalue weighted by Gasteiger charge is -2.10. The lowest BCUT2D eigenvalue weighted by Crippen LogP contribution is -2.32. The fraction of sp³-hybridized carbons (Fsp3) is 0.500. The van der Waals surface area contributed by atoms with Crippen LogP contribution in [0.2, 0.25) is 0 Å². The van der Waals surface area contributed by atoms with E-state index in [4.69, 9.17) is 0 Å². The first-order valence-corrected chi connectivity index (χ1v) is 6.31. The summed E-state index contributed by atoms with van der Waals surface area (Å²) in [7, 11) is 0. The molecule has 78 valence electrons. The Hall–Kier alpha value is -0.350. The zero-order chi connectivity index (χ0) is 10.6. The molecule has 0 saturated carbocycles. The third kappa shape index (κ3) is 3.80. The van der Waals surface area contributed by atoms with Crippen molar-refractivity contribution in [1.82, 2.24) is 5.32 Å². The van der Waals surface area contributed by atoms with Crippen LogP contribution in [0.3, 0.4) is 0 Å². The minimum Gasteiger partial charge on any atom is -0.353 e. The molecule has 14 heavy (non-hydrogen) atoms. The number of thiophene rings is 1. The minimum atomic E-state index is 0.105. The quantitative estimate of drug-likeness (QED) is 0.900. The van der Waals surface area contributed by atoms with Crippen LogP contribution in [0.15, 0.2) is 15.9 Å². The van der Waals surface area contributed by atoms with Gasteiger partial charge in [0.05, 0.1) is 6.42 Å².